The molecule has 2 aromatic carbocycles. The Hall–Kier alpha value is -2.81. The quantitative estimate of drug-likeness (QED) is 0.460. The molecule has 8 heteroatoms. The summed E-state index contributed by atoms with van der Waals surface area (Å²) in [5.41, 5.74) is 7.78. The summed E-state index contributed by atoms with van der Waals surface area (Å²) in [6.45, 7) is 4.92. The fourth-order valence-electron chi connectivity index (χ4n) is 4.48. The second kappa shape index (κ2) is 11.4. The summed E-state index contributed by atoms with van der Waals surface area (Å²) in [7, 11) is 1.69. The minimum Gasteiger partial charge on any atom is -0.497 e. The van der Waals surface area contributed by atoms with Crippen LogP contribution < -0.4 is 31.2 Å². The van der Waals surface area contributed by atoms with E-state index in [1.807, 2.05) is 36.4 Å². The Balaban J connectivity index is 1.17. The van der Waals surface area contributed by atoms with E-state index in [1.54, 1.807) is 7.11 Å². The molecule has 2 fully saturated rings. The molecule has 1 unspecified atom stereocenters. The summed E-state index contributed by atoms with van der Waals surface area (Å²) in [6.07, 6.45) is 1.93. The Morgan fingerprint density at radius 2 is 1.79 bits per heavy atom. The zero-order chi connectivity index (χ0) is 23.0. The molecule has 2 heterocycles. The first-order chi connectivity index (χ1) is 16.1. The number of rotatable bonds is 9. The standard InChI is InChI=1S/C25H35N5O3/c1-32-22-8-4-18(5-9-22)20-15-27-25(28-16-20)29-21-6-10-23(11-7-21)33-14-13-30-12-2-3-19(17-30)24(26)31/h4-11,19-20,25,27-29H,2-3,12-17H2,1H3,(H2,26,31). The molecule has 0 saturated carbocycles. The normalized spacial score (nSPS) is 23.6. The van der Waals surface area contributed by atoms with Gasteiger partial charge in [-0.3, -0.25) is 20.3 Å². The van der Waals surface area contributed by atoms with Gasteiger partial charge >= 0.3 is 0 Å². The smallest absolute Gasteiger partial charge is 0.221 e. The van der Waals surface area contributed by atoms with Crippen molar-refractivity contribution in [2.24, 2.45) is 11.7 Å². The molecule has 0 radical (unpaired) electrons. The predicted molar refractivity (Wildman–Crippen MR) is 129 cm³/mol. The van der Waals surface area contributed by atoms with Gasteiger partial charge in [-0.05, 0) is 61.3 Å². The van der Waals surface area contributed by atoms with E-state index in [2.05, 4.69) is 33.0 Å². The minimum atomic E-state index is -0.193. The van der Waals surface area contributed by atoms with E-state index < -0.39 is 0 Å². The van der Waals surface area contributed by atoms with E-state index in [4.69, 9.17) is 15.2 Å². The highest BCUT2D eigenvalue weighted by molar-refractivity contribution is 5.76. The molecule has 33 heavy (non-hydrogen) atoms. The van der Waals surface area contributed by atoms with E-state index in [9.17, 15) is 4.79 Å². The first kappa shape index (κ1) is 23.4. The van der Waals surface area contributed by atoms with E-state index >= 15 is 0 Å². The molecule has 178 valence electrons. The SMILES string of the molecule is COc1ccc(C2CNC(Nc3ccc(OCCN4CCCC(C(N)=O)C4)cc3)NC2)cc1. The van der Waals surface area contributed by atoms with Gasteiger partial charge in [-0.2, -0.15) is 0 Å². The molecule has 2 aromatic rings. The molecule has 1 atom stereocenters. The maximum Gasteiger partial charge on any atom is 0.221 e. The third-order valence-electron chi connectivity index (χ3n) is 6.47. The number of nitrogens with zero attached hydrogens (tertiary/aromatic N) is 1. The summed E-state index contributed by atoms with van der Waals surface area (Å²) < 4.78 is 11.1. The van der Waals surface area contributed by atoms with Crippen molar-refractivity contribution in [2.75, 3.05) is 51.8 Å². The molecule has 0 spiro atoms. The van der Waals surface area contributed by atoms with Crippen LogP contribution in [0.25, 0.3) is 0 Å². The van der Waals surface area contributed by atoms with Gasteiger partial charge < -0.3 is 20.5 Å². The van der Waals surface area contributed by atoms with Crippen LogP contribution in [0.15, 0.2) is 48.5 Å². The summed E-state index contributed by atoms with van der Waals surface area (Å²) in [5, 5.41) is 10.5. The molecule has 2 aliphatic rings. The number of benzene rings is 2. The van der Waals surface area contributed by atoms with Crippen LogP contribution in [0.2, 0.25) is 0 Å². The molecule has 0 aromatic heterocycles. The van der Waals surface area contributed by atoms with Gasteiger partial charge in [-0.15, -0.1) is 0 Å². The molecule has 2 aliphatic heterocycles. The fourth-order valence-corrected chi connectivity index (χ4v) is 4.48. The largest absolute Gasteiger partial charge is 0.497 e. The number of piperidine rings is 1. The maximum atomic E-state index is 11.4. The number of nitrogens with one attached hydrogen (secondary N) is 3. The molecule has 8 nitrogen and oxygen atoms in total. The van der Waals surface area contributed by atoms with Crippen molar-refractivity contribution in [3.8, 4) is 11.5 Å². The van der Waals surface area contributed by atoms with Crippen molar-refractivity contribution in [3.05, 3.63) is 54.1 Å². The highest BCUT2D eigenvalue weighted by Crippen LogP contribution is 2.21. The average molecular weight is 454 g/mol. The number of amides is 1. The molecular weight excluding hydrogens is 418 g/mol. The van der Waals surface area contributed by atoms with E-state index in [0.717, 1.165) is 62.8 Å². The second-order valence-electron chi connectivity index (χ2n) is 8.78. The van der Waals surface area contributed by atoms with Gasteiger partial charge in [0.1, 0.15) is 24.4 Å². The van der Waals surface area contributed by atoms with Crippen molar-refractivity contribution in [1.29, 1.82) is 0 Å². The number of hydrogen-bond donors (Lipinski definition) is 4. The number of carbonyl (C=O) groups is 1. The zero-order valence-corrected chi connectivity index (χ0v) is 19.3. The van der Waals surface area contributed by atoms with Gasteiger partial charge in [-0.25, -0.2) is 0 Å². The fraction of sp³-hybridized carbons (Fsp3) is 0.480. The van der Waals surface area contributed by atoms with Crippen LogP contribution in [0.5, 0.6) is 11.5 Å². The summed E-state index contributed by atoms with van der Waals surface area (Å²) in [5.74, 6) is 1.92. The van der Waals surface area contributed by atoms with Crippen molar-refractivity contribution in [2.45, 2.75) is 25.0 Å². The first-order valence-electron chi connectivity index (χ1n) is 11.7. The lowest BCUT2D eigenvalue weighted by molar-refractivity contribution is -0.123. The Labute approximate surface area is 195 Å². The number of carbonyl (C=O) groups excluding carboxylic acids is 1. The summed E-state index contributed by atoms with van der Waals surface area (Å²) in [6, 6.07) is 16.3. The number of anilines is 1. The van der Waals surface area contributed by atoms with Gasteiger partial charge in [0.2, 0.25) is 5.91 Å². The van der Waals surface area contributed by atoms with Crippen LogP contribution in [0, 0.1) is 5.92 Å². The summed E-state index contributed by atoms with van der Waals surface area (Å²) in [4.78, 5) is 13.7. The molecule has 0 aliphatic carbocycles. The van der Waals surface area contributed by atoms with Crippen molar-refractivity contribution < 1.29 is 14.3 Å². The van der Waals surface area contributed by atoms with Gasteiger partial charge in [-0.1, -0.05) is 12.1 Å². The number of ether oxygens (including phenoxy) is 2. The van der Waals surface area contributed by atoms with Gasteiger partial charge in [0.25, 0.3) is 0 Å². The van der Waals surface area contributed by atoms with Crippen LogP contribution in [-0.2, 0) is 4.79 Å². The Kier molecular flexibility index (Phi) is 8.04. The van der Waals surface area contributed by atoms with Crippen molar-refractivity contribution in [1.82, 2.24) is 15.5 Å². The lowest BCUT2D eigenvalue weighted by atomic mass is 9.97. The van der Waals surface area contributed by atoms with Crippen LogP contribution in [0.1, 0.15) is 24.3 Å². The number of primary amides is 1. The Morgan fingerprint density at radius 1 is 1.09 bits per heavy atom. The molecule has 2 saturated heterocycles. The molecule has 5 N–H and O–H groups in total. The minimum absolute atomic E-state index is 0.0172. The number of nitrogens with two attached hydrogens (primary N) is 1. The van der Waals surface area contributed by atoms with Crippen LogP contribution in [0.4, 0.5) is 5.69 Å². The molecule has 1 amide bonds. The van der Waals surface area contributed by atoms with E-state index in [1.165, 1.54) is 5.56 Å². The van der Waals surface area contributed by atoms with Crippen molar-refractivity contribution >= 4 is 11.6 Å². The van der Waals surface area contributed by atoms with Crippen LogP contribution in [-0.4, -0.2) is 63.5 Å². The van der Waals surface area contributed by atoms with Gasteiger partial charge in [0.15, 0.2) is 0 Å². The molecular formula is C25H35N5O3. The second-order valence-corrected chi connectivity index (χ2v) is 8.78. The first-order valence-corrected chi connectivity index (χ1v) is 11.7. The number of hydrogen-bond acceptors (Lipinski definition) is 7. The lowest BCUT2D eigenvalue weighted by Gasteiger charge is -2.32. The topological polar surface area (TPSA) is 101 Å². The monoisotopic (exact) mass is 453 g/mol. The van der Waals surface area contributed by atoms with E-state index in [0.29, 0.717) is 12.5 Å². The third kappa shape index (κ3) is 6.60. The Morgan fingerprint density at radius 3 is 2.45 bits per heavy atom. The third-order valence-corrected chi connectivity index (χ3v) is 6.47. The van der Waals surface area contributed by atoms with Crippen molar-refractivity contribution in [3.63, 3.8) is 0 Å². The number of likely N-dealkylation sites (tertiary alicyclic amines) is 1. The van der Waals surface area contributed by atoms with Gasteiger partial charge in [0, 0.05) is 37.8 Å². The highest BCUT2D eigenvalue weighted by atomic mass is 16.5. The molecule has 0 bridgehead atoms. The molecule has 4 rings (SSSR count). The predicted octanol–water partition coefficient (Wildman–Crippen LogP) is 1.94. The van der Waals surface area contributed by atoms with Gasteiger partial charge in [0.05, 0.1) is 13.0 Å². The average Bonchev–Trinajstić information content (AvgIpc) is 2.86. The van der Waals surface area contributed by atoms with Crippen LogP contribution >= 0.6 is 0 Å². The van der Waals surface area contributed by atoms with Crippen LogP contribution in [0.3, 0.4) is 0 Å². The lowest BCUT2D eigenvalue weighted by Crippen LogP contribution is -2.55. The Bertz CT molecular complexity index is 882. The maximum absolute atomic E-state index is 11.4. The highest BCUT2D eigenvalue weighted by Gasteiger charge is 2.24. The zero-order valence-electron chi connectivity index (χ0n) is 19.3. The van der Waals surface area contributed by atoms with E-state index in [-0.39, 0.29) is 18.1 Å². The number of methoxy groups -OCH3 is 1. The summed E-state index contributed by atoms with van der Waals surface area (Å²) >= 11 is 0.